The molecule has 0 bridgehead atoms. The molecule has 1 aromatic heterocycles. The Morgan fingerprint density at radius 2 is 2.24 bits per heavy atom. The Hall–Kier alpha value is -1.57. The van der Waals surface area contributed by atoms with Crippen molar-refractivity contribution in [2.24, 2.45) is 0 Å². The van der Waals surface area contributed by atoms with E-state index < -0.39 is 0 Å². The van der Waals surface area contributed by atoms with Crippen LogP contribution in [0, 0.1) is 0 Å². The summed E-state index contributed by atoms with van der Waals surface area (Å²) < 4.78 is 6.62. The molecule has 2 aromatic rings. The number of ether oxygens (including phenoxy) is 1. The van der Waals surface area contributed by atoms with E-state index in [0.29, 0.717) is 34.2 Å². The highest BCUT2D eigenvalue weighted by molar-refractivity contribution is 7.99. The van der Waals surface area contributed by atoms with Crippen LogP contribution in [-0.4, -0.2) is 41.0 Å². The molecule has 1 heterocycles. The first-order valence-corrected chi connectivity index (χ1v) is 9.43. The molecule has 1 amide bonds. The lowest BCUT2D eigenvalue weighted by atomic mass is 10.2. The molecule has 0 radical (unpaired) electrons. The number of halogens is 1. The molecular weight excluding hydrogens is 362 g/mol. The lowest BCUT2D eigenvalue weighted by Gasteiger charge is -2.14. The molecule has 0 unspecified atom stereocenters. The summed E-state index contributed by atoms with van der Waals surface area (Å²) in [5.41, 5.74) is 0.430. The predicted molar refractivity (Wildman–Crippen MR) is 102 cm³/mol. The van der Waals surface area contributed by atoms with Crippen LogP contribution in [0.3, 0.4) is 0 Å². The second-order valence-corrected chi connectivity index (χ2v) is 7.10. The second-order valence-electron chi connectivity index (χ2n) is 5.73. The minimum Gasteiger partial charge on any atom is -0.383 e. The van der Waals surface area contributed by atoms with E-state index in [0.717, 1.165) is 6.42 Å². The van der Waals surface area contributed by atoms with Crippen molar-refractivity contribution in [2.45, 2.75) is 38.0 Å². The van der Waals surface area contributed by atoms with E-state index >= 15 is 0 Å². The molecule has 25 heavy (non-hydrogen) atoms. The standard InChI is InChI=1S/C17H22ClN3O3S/c1-4-7-21-16(23)13-6-5-12(18)8-14(13)20-17(21)25-10-15(22)19-11(2)9-24-3/h5-6,8,11H,4,7,9-10H2,1-3H3,(H,19,22)/t11-/m0/s1. The number of hydrogen-bond acceptors (Lipinski definition) is 5. The van der Waals surface area contributed by atoms with Gasteiger partial charge in [0, 0.05) is 24.7 Å². The first kappa shape index (κ1) is 19.8. The zero-order chi connectivity index (χ0) is 18.4. The number of nitrogens with zero attached hydrogens (tertiary/aromatic N) is 2. The van der Waals surface area contributed by atoms with Crippen LogP contribution in [-0.2, 0) is 16.1 Å². The van der Waals surface area contributed by atoms with Crippen LogP contribution >= 0.6 is 23.4 Å². The van der Waals surface area contributed by atoms with Crippen LogP contribution in [0.15, 0.2) is 28.2 Å². The highest BCUT2D eigenvalue weighted by atomic mass is 35.5. The van der Waals surface area contributed by atoms with Crippen LogP contribution in [0.5, 0.6) is 0 Å². The Morgan fingerprint density at radius 1 is 1.48 bits per heavy atom. The number of carbonyl (C=O) groups excluding carboxylic acids is 1. The topological polar surface area (TPSA) is 73.2 Å². The van der Waals surface area contributed by atoms with Gasteiger partial charge < -0.3 is 10.1 Å². The van der Waals surface area contributed by atoms with E-state index in [2.05, 4.69) is 10.3 Å². The van der Waals surface area contributed by atoms with Crippen LogP contribution in [0.25, 0.3) is 10.9 Å². The Kier molecular flexibility index (Phi) is 7.28. The highest BCUT2D eigenvalue weighted by Crippen LogP contribution is 2.20. The largest absolute Gasteiger partial charge is 0.383 e. The van der Waals surface area contributed by atoms with Crippen LogP contribution in [0.4, 0.5) is 0 Å². The number of fused-ring (bicyclic) bond motifs is 1. The SMILES string of the molecule is CCCn1c(SCC(=O)N[C@@H](C)COC)nc2cc(Cl)ccc2c1=O. The number of methoxy groups -OCH3 is 1. The number of nitrogens with one attached hydrogen (secondary N) is 1. The third kappa shape index (κ3) is 5.20. The Balaban J connectivity index is 2.25. The van der Waals surface area contributed by atoms with Gasteiger partial charge in [-0.3, -0.25) is 14.2 Å². The normalized spacial score (nSPS) is 12.3. The van der Waals surface area contributed by atoms with E-state index in [1.807, 2.05) is 13.8 Å². The molecule has 0 fully saturated rings. The average molecular weight is 384 g/mol. The molecule has 0 spiro atoms. The summed E-state index contributed by atoms with van der Waals surface area (Å²) in [5, 5.41) is 4.42. The molecule has 1 aromatic carbocycles. The van der Waals surface area contributed by atoms with Crippen molar-refractivity contribution in [2.75, 3.05) is 19.5 Å². The monoisotopic (exact) mass is 383 g/mol. The first-order valence-electron chi connectivity index (χ1n) is 8.07. The van der Waals surface area contributed by atoms with Crippen molar-refractivity contribution in [1.82, 2.24) is 14.9 Å². The van der Waals surface area contributed by atoms with Gasteiger partial charge in [-0.05, 0) is 31.5 Å². The molecule has 1 N–H and O–H groups in total. The summed E-state index contributed by atoms with van der Waals surface area (Å²) in [6, 6.07) is 4.96. The van der Waals surface area contributed by atoms with Gasteiger partial charge in [0.25, 0.3) is 5.56 Å². The molecule has 2 rings (SSSR count). The van der Waals surface area contributed by atoms with Crippen molar-refractivity contribution >= 4 is 40.2 Å². The number of benzene rings is 1. The van der Waals surface area contributed by atoms with E-state index in [-0.39, 0.29) is 23.3 Å². The van der Waals surface area contributed by atoms with Gasteiger partial charge in [-0.1, -0.05) is 30.3 Å². The highest BCUT2D eigenvalue weighted by Gasteiger charge is 2.14. The minimum atomic E-state index is -0.127. The maximum atomic E-state index is 12.7. The first-order chi connectivity index (χ1) is 12.0. The molecule has 0 saturated heterocycles. The zero-order valence-corrected chi connectivity index (χ0v) is 16.1. The number of thioether (sulfide) groups is 1. The van der Waals surface area contributed by atoms with Gasteiger partial charge in [0.2, 0.25) is 5.91 Å². The van der Waals surface area contributed by atoms with E-state index in [4.69, 9.17) is 16.3 Å². The maximum Gasteiger partial charge on any atom is 0.262 e. The molecule has 0 saturated carbocycles. The fourth-order valence-corrected chi connectivity index (χ4v) is 3.45. The van der Waals surface area contributed by atoms with E-state index in [1.54, 1.807) is 29.9 Å². The van der Waals surface area contributed by atoms with E-state index in [1.165, 1.54) is 11.8 Å². The Morgan fingerprint density at radius 3 is 2.92 bits per heavy atom. The van der Waals surface area contributed by atoms with Crippen LogP contribution in [0.1, 0.15) is 20.3 Å². The Labute approximate surface area is 155 Å². The smallest absolute Gasteiger partial charge is 0.262 e. The zero-order valence-electron chi connectivity index (χ0n) is 14.5. The van der Waals surface area contributed by atoms with Crippen LogP contribution in [0.2, 0.25) is 5.02 Å². The predicted octanol–water partition coefficient (Wildman–Crippen LogP) is 2.70. The maximum absolute atomic E-state index is 12.7. The minimum absolute atomic E-state index is 0.0701. The summed E-state index contributed by atoms with van der Waals surface area (Å²) in [6.07, 6.45) is 0.797. The molecule has 0 aliphatic rings. The second kappa shape index (κ2) is 9.22. The van der Waals surface area contributed by atoms with Gasteiger partial charge >= 0.3 is 0 Å². The summed E-state index contributed by atoms with van der Waals surface area (Å²) >= 11 is 7.25. The number of amides is 1. The van der Waals surface area contributed by atoms with Crippen molar-refractivity contribution in [1.29, 1.82) is 0 Å². The fraction of sp³-hybridized carbons (Fsp3) is 0.471. The van der Waals surface area contributed by atoms with Crippen molar-refractivity contribution in [3.63, 3.8) is 0 Å². The summed E-state index contributed by atoms with van der Waals surface area (Å²) in [5.74, 6) is 0.0500. The number of rotatable bonds is 8. The van der Waals surface area contributed by atoms with E-state index in [9.17, 15) is 9.59 Å². The van der Waals surface area contributed by atoms with Gasteiger partial charge in [0.05, 0.1) is 23.3 Å². The molecule has 8 heteroatoms. The third-order valence-electron chi connectivity index (χ3n) is 3.49. The number of aromatic nitrogens is 2. The number of hydrogen-bond donors (Lipinski definition) is 1. The summed E-state index contributed by atoms with van der Waals surface area (Å²) in [6.45, 7) is 4.86. The van der Waals surface area contributed by atoms with Gasteiger partial charge in [-0.2, -0.15) is 0 Å². The third-order valence-corrected chi connectivity index (χ3v) is 4.70. The quantitative estimate of drug-likeness (QED) is 0.560. The van der Waals surface area contributed by atoms with Crippen molar-refractivity contribution in [3.05, 3.63) is 33.6 Å². The van der Waals surface area contributed by atoms with Gasteiger partial charge in [-0.15, -0.1) is 0 Å². The van der Waals surface area contributed by atoms with Crippen molar-refractivity contribution < 1.29 is 9.53 Å². The average Bonchev–Trinajstić information content (AvgIpc) is 2.56. The van der Waals surface area contributed by atoms with Gasteiger partial charge in [-0.25, -0.2) is 4.98 Å². The summed E-state index contributed by atoms with van der Waals surface area (Å²) in [7, 11) is 1.59. The molecule has 0 aliphatic heterocycles. The Bertz CT molecular complexity index is 810. The molecular formula is C17H22ClN3O3S. The lowest BCUT2D eigenvalue weighted by molar-refractivity contribution is -0.119. The molecule has 0 aliphatic carbocycles. The molecule has 6 nitrogen and oxygen atoms in total. The van der Waals surface area contributed by atoms with Crippen LogP contribution < -0.4 is 10.9 Å². The fourth-order valence-electron chi connectivity index (χ4n) is 2.44. The molecule has 1 atom stereocenters. The lowest BCUT2D eigenvalue weighted by Crippen LogP contribution is -2.36. The summed E-state index contributed by atoms with van der Waals surface area (Å²) in [4.78, 5) is 29.3. The number of carbonyl (C=O) groups is 1. The van der Waals surface area contributed by atoms with Crippen molar-refractivity contribution in [3.8, 4) is 0 Å². The van der Waals surface area contributed by atoms with Gasteiger partial charge in [0.15, 0.2) is 5.16 Å². The molecule has 136 valence electrons. The van der Waals surface area contributed by atoms with Gasteiger partial charge in [0.1, 0.15) is 0 Å².